The van der Waals surface area contributed by atoms with Gasteiger partial charge in [-0.15, -0.1) is 0 Å². The molecule has 0 atom stereocenters. The molecule has 0 saturated carbocycles. The van der Waals surface area contributed by atoms with E-state index in [1.807, 2.05) is 26.8 Å². The molecule has 0 amide bonds. The Morgan fingerprint density at radius 3 is 2.65 bits per heavy atom. The third kappa shape index (κ3) is 3.56. The Balaban J connectivity index is 2.03. The lowest BCUT2D eigenvalue weighted by Gasteiger charge is -2.09. The number of rotatable bonds is 5. The largest absolute Gasteiger partial charge is 0.364 e. The van der Waals surface area contributed by atoms with Gasteiger partial charge in [-0.1, -0.05) is 19.0 Å². The summed E-state index contributed by atoms with van der Waals surface area (Å²) in [4.78, 5) is 8.76. The summed E-state index contributed by atoms with van der Waals surface area (Å²) >= 11 is 0. The maximum atomic E-state index is 5.32. The molecule has 108 valence electrons. The van der Waals surface area contributed by atoms with Crippen LogP contribution in [0.3, 0.4) is 0 Å². The van der Waals surface area contributed by atoms with Gasteiger partial charge in [0.15, 0.2) is 0 Å². The van der Waals surface area contributed by atoms with Crippen LogP contribution in [0.25, 0.3) is 0 Å². The molecule has 0 unspecified atom stereocenters. The molecule has 0 spiro atoms. The van der Waals surface area contributed by atoms with E-state index in [2.05, 4.69) is 34.3 Å². The molecule has 20 heavy (non-hydrogen) atoms. The van der Waals surface area contributed by atoms with Crippen molar-refractivity contribution in [1.82, 2.24) is 15.1 Å². The van der Waals surface area contributed by atoms with Gasteiger partial charge in [-0.05, 0) is 26.7 Å². The zero-order valence-corrected chi connectivity index (χ0v) is 12.8. The number of aromatic nitrogens is 3. The van der Waals surface area contributed by atoms with Gasteiger partial charge in [-0.2, -0.15) is 0 Å². The van der Waals surface area contributed by atoms with E-state index in [4.69, 9.17) is 4.52 Å². The van der Waals surface area contributed by atoms with Crippen LogP contribution in [0.1, 0.15) is 42.4 Å². The molecule has 2 rings (SSSR count). The maximum Gasteiger partial charge on any atom is 0.137 e. The van der Waals surface area contributed by atoms with Gasteiger partial charge in [0.2, 0.25) is 0 Å². The van der Waals surface area contributed by atoms with Crippen molar-refractivity contribution < 1.29 is 4.52 Å². The Kier molecular flexibility index (Phi) is 4.37. The summed E-state index contributed by atoms with van der Waals surface area (Å²) in [5, 5.41) is 7.38. The molecule has 1 N–H and O–H groups in total. The van der Waals surface area contributed by atoms with Gasteiger partial charge in [0.25, 0.3) is 0 Å². The van der Waals surface area contributed by atoms with Crippen molar-refractivity contribution in [3.05, 3.63) is 34.6 Å². The topological polar surface area (TPSA) is 63.8 Å². The fraction of sp³-hybridized carbons (Fsp3) is 0.533. The zero-order valence-electron chi connectivity index (χ0n) is 12.8. The van der Waals surface area contributed by atoms with Crippen molar-refractivity contribution in [1.29, 1.82) is 0 Å². The minimum atomic E-state index is 0.568. The lowest BCUT2D eigenvalue weighted by Crippen LogP contribution is -2.07. The van der Waals surface area contributed by atoms with E-state index in [0.29, 0.717) is 12.5 Å². The van der Waals surface area contributed by atoms with Crippen molar-refractivity contribution in [2.75, 3.05) is 5.32 Å². The summed E-state index contributed by atoms with van der Waals surface area (Å²) < 4.78 is 5.32. The van der Waals surface area contributed by atoms with Gasteiger partial charge in [-0.3, -0.25) is 0 Å². The molecule has 0 aliphatic carbocycles. The molecule has 0 aliphatic rings. The summed E-state index contributed by atoms with van der Waals surface area (Å²) in [6.07, 6.45) is 0.914. The van der Waals surface area contributed by atoms with Gasteiger partial charge in [-0.25, -0.2) is 9.97 Å². The van der Waals surface area contributed by atoms with E-state index in [9.17, 15) is 0 Å². The first-order valence-electron chi connectivity index (χ1n) is 6.96. The second-order valence-corrected chi connectivity index (χ2v) is 5.57. The number of hydrogen-bond acceptors (Lipinski definition) is 5. The molecule has 2 aromatic rings. The average Bonchev–Trinajstić information content (AvgIpc) is 2.78. The molecule has 0 aliphatic heterocycles. The van der Waals surface area contributed by atoms with Gasteiger partial charge in [0.1, 0.15) is 23.1 Å². The Bertz CT molecular complexity index is 590. The van der Waals surface area contributed by atoms with E-state index < -0.39 is 0 Å². The third-order valence-corrected chi connectivity index (χ3v) is 3.16. The van der Waals surface area contributed by atoms with Crippen LogP contribution in [0.4, 0.5) is 5.82 Å². The van der Waals surface area contributed by atoms with Gasteiger partial charge in [0, 0.05) is 23.7 Å². The van der Waals surface area contributed by atoms with Crippen LogP contribution >= 0.6 is 0 Å². The molecule has 0 saturated heterocycles. The van der Waals surface area contributed by atoms with Crippen molar-refractivity contribution in [3.63, 3.8) is 0 Å². The van der Waals surface area contributed by atoms with Crippen LogP contribution in [-0.4, -0.2) is 15.1 Å². The predicted molar refractivity (Wildman–Crippen MR) is 78.6 cm³/mol. The monoisotopic (exact) mass is 274 g/mol. The molecular formula is C15H22N4O. The highest BCUT2D eigenvalue weighted by molar-refractivity contribution is 5.45. The summed E-state index contributed by atoms with van der Waals surface area (Å²) in [7, 11) is 0. The molecule has 0 fully saturated rings. The number of nitrogens with zero attached hydrogens (tertiary/aromatic N) is 3. The van der Waals surface area contributed by atoms with E-state index in [1.165, 1.54) is 0 Å². The first-order chi connectivity index (χ1) is 9.45. The highest BCUT2D eigenvalue weighted by Crippen LogP contribution is 2.16. The standard InChI is InChI=1S/C15H22N4O/c1-9(2)6-14-7-13(19-20-14)8-16-15-10(3)11(4)17-12(5)18-15/h7,9H,6,8H2,1-5H3,(H,16,17,18). The molecule has 0 radical (unpaired) electrons. The minimum absolute atomic E-state index is 0.568. The Morgan fingerprint density at radius 2 is 1.95 bits per heavy atom. The molecule has 5 nitrogen and oxygen atoms in total. The first-order valence-corrected chi connectivity index (χ1v) is 6.96. The van der Waals surface area contributed by atoms with Gasteiger partial charge >= 0.3 is 0 Å². The van der Waals surface area contributed by atoms with Crippen LogP contribution < -0.4 is 5.32 Å². The average molecular weight is 274 g/mol. The Hall–Kier alpha value is -1.91. The van der Waals surface area contributed by atoms with Crippen LogP contribution in [-0.2, 0) is 13.0 Å². The number of anilines is 1. The highest BCUT2D eigenvalue weighted by Gasteiger charge is 2.09. The smallest absolute Gasteiger partial charge is 0.137 e. The summed E-state index contributed by atoms with van der Waals surface area (Å²) in [5.74, 6) is 3.14. The van der Waals surface area contributed by atoms with E-state index in [1.54, 1.807) is 0 Å². The molecule has 0 aromatic carbocycles. The van der Waals surface area contributed by atoms with Crippen molar-refractivity contribution >= 4 is 5.82 Å². The first kappa shape index (κ1) is 14.5. The minimum Gasteiger partial charge on any atom is -0.364 e. The van der Waals surface area contributed by atoms with E-state index in [-0.39, 0.29) is 0 Å². The second kappa shape index (κ2) is 6.03. The SMILES string of the molecule is Cc1nc(C)c(C)c(NCc2cc(CC(C)C)on2)n1. The summed E-state index contributed by atoms with van der Waals surface area (Å²) in [6.45, 7) is 10.8. The van der Waals surface area contributed by atoms with Crippen LogP contribution in [0.5, 0.6) is 0 Å². The second-order valence-electron chi connectivity index (χ2n) is 5.57. The molecule has 5 heteroatoms. The molecule has 0 bridgehead atoms. The maximum absolute atomic E-state index is 5.32. The molecule has 2 heterocycles. The van der Waals surface area contributed by atoms with Crippen LogP contribution in [0.15, 0.2) is 10.6 Å². The fourth-order valence-electron chi connectivity index (χ4n) is 2.05. The third-order valence-electron chi connectivity index (χ3n) is 3.16. The van der Waals surface area contributed by atoms with E-state index in [0.717, 1.165) is 40.8 Å². The van der Waals surface area contributed by atoms with Crippen molar-refractivity contribution in [2.45, 2.75) is 47.6 Å². The van der Waals surface area contributed by atoms with Crippen LogP contribution in [0.2, 0.25) is 0 Å². The zero-order chi connectivity index (χ0) is 14.7. The molecule has 2 aromatic heterocycles. The number of hydrogen-bond donors (Lipinski definition) is 1. The summed E-state index contributed by atoms with van der Waals surface area (Å²) in [6, 6.07) is 2.00. The van der Waals surface area contributed by atoms with Crippen LogP contribution in [0, 0.1) is 26.7 Å². The number of nitrogens with one attached hydrogen (secondary N) is 1. The highest BCUT2D eigenvalue weighted by atomic mass is 16.5. The summed E-state index contributed by atoms with van der Waals surface area (Å²) in [5.41, 5.74) is 2.97. The van der Waals surface area contributed by atoms with Gasteiger partial charge < -0.3 is 9.84 Å². The van der Waals surface area contributed by atoms with Crippen molar-refractivity contribution in [2.24, 2.45) is 5.92 Å². The van der Waals surface area contributed by atoms with Gasteiger partial charge in [0.05, 0.1) is 6.54 Å². The lowest BCUT2D eigenvalue weighted by molar-refractivity contribution is 0.364. The van der Waals surface area contributed by atoms with Crippen molar-refractivity contribution in [3.8, 4) is 0 Å². The Morgan fingerprint density at radius 1 is 1.20 bits per heavy atom. The Labute approximate surface area is 119 Å². The fourth-order valence-corrected chi connectivity index (χ4v) is 2.05. The number of aryl methyl sites for hydroxylation is 2. The quantitative estimate of drug-likeness (QED) is 0.907. The normalized spacial score (nSPS) is 11.1. The predicted octanol–water partition coefficient (Wildman–Crippen LogP) is 3.20. The lowest BCUT2D eigenvalue weighted by atomic mass is 10.1. The molecular weight excluding hydrogens is 252 g/mol. The van der Waals surface area contributed by atoms with E-state index >= 15 is 0 Å².